The van der Waals surface area contributed by atoms with Crippen molar-refractivity contribution in [2.45, 2.75) is 36.1 Å². The highest BCUT2D eigenvalue weighted by Crippen LogP contribution is 2.22. The van der Waals surface area contributed by atoms with Crippen LogP contribution >= 0.6 is 11.3 Å². The second kappa shape index (κ2) is 4.03. The fourth-order valence-electron chi connectivity index (χ4n) is 1.64. The molecule has 1 heterocycles. The smallest absolute Gasteiger partial charge is 0.270 e. The van der Waals surface area contributed by atoms with Gasteiger partial charge in [0.1, 0.15) is 0 Å². The van der Waals surface area contributed by atoms with Gasteiger partial charge in [-0.05, 0) is 12.8 Å². The zero-order chi connectivity index (χ0) is 10.9. The van der Waals surface area contributed by atoms with Crippen LogP contribution in [-0.4, -0.2) is 24.7 Å². The molecular weight excluding hydrogens is 236 g/mol. The van der Waals surface area contributed by atoms with Gasteiger partial charge in [-0.15, -0.1) is 10.2 Å². The minimum Gasteiger partial charge on any atom is -0.374 e. The van der Waals surface area contributed by atoms with Crippen molar-refractivity contribution in [1.29, 1.82) is 0 Å². The number of nitrogens with two attached hydrogens (primary N) is 1. The molecule has 0 saturated heterocycles. The summed E-state index contributed by atoms with van der Waals surface area (Å²) in [6, 6.07) is 0.0418. The van der Waals surface area contributed by atoms with Crippen molar-refractivity contribution < 1.29 is 8.42 Å². The lowest BCUT2D eigenvalue weighted by Gasteiger charge is -2.09. The molecule has 3 N–H and O–H groups in total. The van der Waals surface area contributed by atoms with Crippen molar-refractivity contribution in [1.82, 2.24) is 14.9 Å². The fourth-order valence-corrected chi connectivity index (χ4v) is 3.75. The van der Waals surface area contributed by atoms with Gasteiger partial charge in [0.05, 0.1) is 0 Å². The molecule has 0 spiro atoms. The lowest BCUT2D eigenvalue weighted by Crippen LogP contribution is -2.32. The van der Waals surface area contributed by atoms with Gasteiger partial charge in [-0.3, -0.25) is 0 Å². The Labute approximate surface area is 91.9 Å². The molecule has 1 aliphatic rings. The van der Waals surface area contributed by atoms with Crippen molar-refractivity contribution in [2.24, 2.45) is 0 Å². The van der Waals surface area contributed by atoms with Crippen molar-refractivity contribution in [2.75, 3.05) is 5.73 Å². The first-order valence-electron chi connectivity index (χ1n) is 4.69. The maximum absolute atomic E-state index is 11.7. The fraction of sp³-hybridized carbons (Fsp3) is 0.714. The van der Waals surface area contributed by atoms with Crippen LogP contribution in [0.4, 0.5) is 5.13 Å². The van der Waals surface area contributed by atoms with Gasteiger partial charge < -0.3 is 5.73 Å². The van der Waals surface area contributed by atoms with Gasteiger partial charge in [-0.2, -0.15) is 0 Å². The highest BCUT2D eigenvalue weighted by atomic mass is 32.2. The Morgan fingerprint density at radius 2 is 2.00 bits per heavy atom. The molecule has 6 nitrogen and oxygen atoms in total. The van der Waals surface area contributed by atoms with Crippen LogP contribution in [0.25, 0.3) is 0 Å². The SMILES string of the molecule is Nc1nnc(S(=O)(=O)NC2CCCC2)s1. The molecular formula is C7H12N4O2S2. The first kappa shape index (κ1) is 10.8. The van der Waals surface area contributed by atoms with E-state index < -0.39 is 10.0 Å². The molecule has 0 unspecified atom stereocenters. The summed E-state index contributed by atoms with van der Waals surface area (Å²) in [4.78, 5) is 0. The molecule has 1 aromatic rings. The third-order valence-corrected chi connectivity index (χ3v) is 4.97. The average molecular weight is 248 g/mol. The summed E-state index contributed by atoms with van der Waals surface area (Å²) in [6.45, 7) is 0. The number of hydrogen-bond acceptors (Lipinski definition) is 6. The van der Waals surface area contributed by atoms with Crippen molar-refractivity contribution >= 4 is 26.5 Å². The molecule has 1 aromatic heterocycles. The van der Waals surface area contributed by atoms with E-state index in [1.54, 1.807) is 0 Å². The molecule has 0 aromatic carbocycles. The van der Waals surface area contributed by atoms with E-state index in [1.807, 2.05) is 0 Å². The van der Waals surface area contributed by atoms with Crippen LogP contribution in [0, 0.1) is 0 Å². The molecule has 1 saturated carbocycles. The van der Waals surface area contributed by atoms with E-state index in [0.717, 1.165) is 37.0 Å². The lowest BCUT2D eigenvalue weighted by atomic mass is 10.3. The summed E-state index contributed by atoms with van der Waals surface area (Å²) in [5, 5.41) is 7.18. The first-order chi connectivity index (χ1) is 7.08. The second-order valence-electron chi connectivity index (χ2n) is 3.51. The quantitative estimate of drug-likeness (QED) is 0.804. The average Bonchev–Trinajstić information content (AvgIpc) is 2.75. The minimum atomic E-state index is -3.51. The number of anilines is 1. The highest BCUT2D eigenvalue weighted by Gasteiger charge is 2.25. The van der Waals surface area contributed by atoms with E-state index in [9.17, 15) is 8.42 Å². The lowest BCUT2D eigenvalue weighted by molar-refractivity contribution is 0.550. The summed E-state index contributed by atoms with van der Waals surface area (Å²) >= 11 is 0.883. The van der Waals surface area contributed by atoms with E-state index in [0.29, 0.717) is 0 Å². The summed E-state index contributed by atoms with van der Waals surface area (Å²) in [6.07, 6.45) is 3.94. The Hall–Kier alpha value is -0.730. The Morgan fingerprint density at radius 1 is 1.33 bits per heavy atom. The van der Waals surface area contributed by atoms with Gasteiger partial charge in [-0.25, -0.2) is 13.1 Å². The molecule has 15 heavy (non-hydrogen) atoms. The predicted molar refractivity (Wildman–Crippen MR) is 56.9 cm³/mol. The number of rotatable bonds is 3. The maximum Gasteiger partial charge on any atom is 0.270 e. The van der Waals surface area contributed by atoms with Crippen LogP contribution in [0.15, 0.2) is 4.34 Å². The zero-order valence-corrected chi connectivity index (χ0v) is 9.64. The second-order valence-corrected chi connectivity index (χ2v) is 6.41. The van der Waals surface area contributed by atoms with E-state index in [1.165, 1.54) is 0 Å². The standard InChI is InChI=1S/C7H12N4O2S2/c8-6-9-10-7(14-6)15(12,13)11-5-3-1-2-4-5/h5,11H,1-4H2,(H2,8,9). The summed E-state index contributed by atoms with van der Waals surface area (Å²) in [5.41, 5.74) is 5.34. The number of sulfonamides is 1. The molecule has 0 bridgehead atoms. The normalized spacial score (nSPS) is 18.4. The number of nitrogens with one attached hydrogen (secondary N) is 1. The van der Waals surface area contributed by atoms with Crippen LogP contribution in [0.2, 0.25) is 0 Å². The van der Waals surface area contributed by atoms with Crippen molar-refractivity contribution in [3.05, 3.63) is 0 Å². The van der Waals surface area contributed by atoms with Crippen LogP contribution in [0.3, 0.4) is 0 Å². The van der Waals surface area contributed by atoms with E-state index in [4.69, 9.17) is 5.73 Å². The minimum absolute atomic E-state index is 0.0418. The molecule has 2 rings (SSSR count). The van der Waals surface area contributed by atoms with Gasteiger partial charge in [0.2, 0.25) is 9.47 Å². The van der Waals surface area contributed by atoms with E-state index in [-0.39, 0.29) is 15.5 Å². The largest absolute Gasteiger partial charge is 0.374 e. The monoisotopic (exact) mass is 248 g/mol. The third-order valence-electron chi connectivity index (χ3n) is 2.33. The number of aromatic nitrogens is 2. The summed E-state index contributed by atoms with van der Waals surface area (Å²) in [7, 11) is -3.51. The highest BCUT2D eigenvalue weighted by molar-refractivity contribution is 7.91. The third kappa shape index (κ3) is 2.44. The molecule has 1 aliphatic carbocycles. The molecule has 0 radical (unpaired) electrons. The molecule has 0 aliphatic heterocycles. The first-order valence-corrected chi connectivity index (χ1v) is 6.99. The van der Waals surface area contributed by atoms with Gasteiger partial charge in [0.15, 0.2) is 0 Å². The van der Waals surface area contributed by atoms with Crippen LogP contribution < -0.4 is 10.5 Å². The Morgan fingerprint density at radius 3 is 2.53 bits per heavy atom. The van der Waals surface area contributed by atoms with Gasteiger partial charge in [0.25, 0.3) is 10.0 Å². The Kier molecular flexibility index (Phi) is 2.89. The van der Waals surface area contributed by atoms with E-state index in [2.05, 4.69) is 14.9 Å². The molecule has 84 valence electrons. The van der Waals surface area contributed by atoms with Gasteiger partial charge in [-0.1, -0.05) is 24.2 Å². The summed E-state index contributed by atoms with van der Waals surface area (Å²) < 4.78 is 26.0. The Balaban J connectivity index is 2.12. The maximum atomic E-state index is 11.7. The molecule has 1 fully saturated rings. The number of nitrogen functional groups attached to an aromatic ring is 1. The number of hydrogen-bond donors (Lipinski definition) is 2. The van der Waals surface area contributed by atoms with Gasteiger partial charge >= 0.3 is 0 Å². The molecule has 0 amide bonds. The molecule has 0 atom stereocenters. The topological polar surface area (TPSA) is 98.0 Å². The van der Waals surface area contributed by atoms with Crippen LogP contribution in [-0.2, 0) is 10.0 Å². The van der Waals surface area contributed by atoms with Crippen molar-refractivity contribution in [3.8, 4) is 0 Å². The van der Waals surface area contributed by atoms with Crippen LogP contribution in [0.1, 0.15) is 25.7 Å². The predicted octanol–water partition coefficient (Wildman–Crippen LogP) is 0.341. The Bertz CT molecular complexity index is 436. The van der Waals surface area contributed by atoms with Crippen LogP contribution in [0.5, 0.6) is 0 Å². The molecule has 8 heteroatoms. The van der Waals surface area contributed by atoms with Crippen molar-refractivity contribution in [3.63, 3.8) is 0 Å². The van der Waals surface area contributed by atoms with Gasteiger partial charge in [0, 0.05) is 6.04 Å². The summed E-state index contributed by atoms with van der Waals surface area (Å²) in [5.74, 6) is 0. The zero-order valence-electron chi connectivity index (χ0n) is 8.01. The number of nitrogens with zero attached hydrogens (tertiary/aromatic N) is 2. The van der Waals surface area contributed by atoms with E-state index >= 15 is 0 Å².